The van der Waals surface area contributed by atoms with Crippen molar-refractivity contribution in [2.75, 3.05) is 11.0 Å². The van der Waals surface area contributed by atoms with Gasteiger partial charge in [0, 0.05) is 21.3 Å². The number of nitrogens with one attached hydrogen (secondary N) is 2. The SMILES string of the molecule is CS(=O)(=O)Nc1cccc(C(C=NO)=NNC(=O)c2cccc(Br)c2)c1. The number of anilines is 1. The van der Waals surface area contributed by atoms with Gasteiger partial charge in [-0.1, -0.05) is 39.3 Å². The van der Waals surface area contributed by atoms with Crippen LogP contribution in [0.3, 0.4) is 0 Å². The minimum Gasteiger partial charge on any atom is -0.411 e. The molecule has 0 bridgehead atoms. The summed E-state index contributed by atoms with van der Waals surface area (Å²) < 4.78 is 25.8. The second-order valence-electron chi connectivity index (χ2n) is 5.15. The van der Waals surface area contributed by atoms with Crippen LogP contribution in [-0.4, -0.2) is 37.7 Å². The summed E-state index contributed by atoms with van der Waals surface area (Å²) in [4.78, 5) is 12.2. The molecule has 8 nitrogen and oxygen atoms in total. The van der Waals surface area contributed by atoms with E-state index in [0.717, 1.165) is 16.9 Å². The van der Waals surface area contributed by atoms with Crippen LogP contribution < -0.4 is 10.1 Å². The van der Waals surface area contributed by atoms with E-state index < -0.39 is 15.9 Å². The maximum atomic E-state index is 12.2. The van der Waals surface area contributed by atoms with Crippen molar-refractivity contribution in [3.63, 3.8) is 0 Å². The minimum atomic E-state index is -3.44. The molecule has 0 aromatic heterocycles. The van der Waals surface area contributed by atoms with E-state index in [2.05, 4.69) is 36.3 Å². The molecule has 2 rings (SSSR count). The minimum absolute atomic E-state index is 0.132. The van der Waals surface area contributed by atoms with Gasteiger partial charge in [-0.3, -0.25) is 9.52 Å². The molecule has 0 aliphatic carbocycles. The van der Waals surface area contributed by atoms with Crippen LogP contribution in [0.1, 0.15) is 15.9 Å². The number of sulfonamides is 1. The average Bonchev–Trinajstić information content (AvgIpc) is 2.57. The summed E-state index contributed by atoms with van der Waals surface area (Å²) in [6.45, 7) is 0. The van der Waals surface area contributed by atoms with Gasteiger partial charge in [0.05, 0.1) is 12.5 Å². The highest BCUT2D eigenvalue weighted by Gasteiger charge is 2.08. The Hall–Kier alpha value is -2.72. The molecule has 0 heterocycles. The highest BCUT2D eigenvalue weighted by molar-refractivity contribution is 9.10. The maximum absolute atomic E-state index is 12.2. The Balaban J connectivity index is 2.27. The highest BCUT2D eigenvalue weighted by atomic mass is 79.9. The zero-order chi connectivity index (χ0) is 19.2. The third kappa shape index (κ3) is 5.97. The van der Waals surface area contributed by atoms with Crippen LogP contribution in [0.15, 0.2) is 63.3 Å². The van der Waals surface area contributed by atoms with E-state index >= 15 is 0 Å². The zero-order valence-corrected chi connectivity index (χ0v) is 16.0. The molecule has 0 aliphatic rings. The molecule has 0 atom stereocenters. The van der Waals surface area contributed by atoms with Crippen molar-refractivity contribution in [3.8, 4) is 0 Å². The van der Waals surface area contributed by atoms with E-state index in [1.165, 1.54) is 6.07 Å². The molecule has 2 aromatic carbocycles. The Labute approximate surface area is 158 Å². The topological polar surface area (TPSA) is 120 Å². The molecular weight excluding hydrogens is 424 g/mol. The smallest absolute Gasteiger partial charge is 0.271 e. The molecule has 0 saturated heterocycles. The first kappa shape index (κ1) is 19.6. The second-order valence-corrected chi connectivity index (χ2v) is 7.81. The fourth-order valence-corrected chi connectivity index (χ4v) is 2.94. The van der Waals surface area contributed by atoms with Crippen LogP contribution in [0.4, 0.5) is 5.69 Å². The fourth-order valence-electron chi connectivity index (χ4n) is 1.98. The summed E-state index contributed by atoms with van der Waals surface area (Å²) in [5, 5.41) is 15.7. The lowest BCUT2D eigenvalue weighted by molar-refractivity contribution is 0.0955. The van der Waals surface area contributed by atoms with Gasteiger partial charge in [-0.25, -0.2) is 13.8 Å². The van der Waals surface area contributed by atoms with Gasteiger partial charge in [0.2, 0.25) is 10.0 Å². The Morgan fingerprint density at radius 3 is 2.50 bits per heavy atom. The highest BCUT2D eigenvalue weighted by Crippen LogP contribution is 2.13. The number of halogens is 1. The molecule has 2 aromatic rings. The molecule has 0 radical (unpaired) electrons. The fraction of sp³-hybridized carbons (Fsp3) is 0.0625. The molecular formula is C16H15BrN4O4S. The van der Waals surface area contributed by atoms with E-state index in [4.69, 9.17) is 5.21 Å². The third-order valence-electron chi connectivity index (χ3n) is 3.01. The van der Waals surface area contributed by atoms with Crippen LogP contribution in [0.2, 0.25) is 0 Å². The van der Waals surface area contributed by atoms with Crippen LogP contribution in [0, 0.1) is 0 Å². The Kier molecular flexibility index (Phi) is 6.47. The zero-order valence-electron chi connectivity index (χ0n) is 13.5. The lowest BCUT2D eigenvalue weighted by Gasteiger charge is -2.07. The van der Waals surface area contributed by atoms with Gasteiger partial charge in [0.15, 0.2) is 0 Å². The first-order valence-electron chi connectivity index (χ1n) is 7.18. The number of amides is 1. The van der Waals surface area contributed by atoms with Crippen molar-refractivity contribution in [2.24, 2.45) is 10.3 Å². The number of carbonyl (C=O) groups excluding carboxylic acids is 1. The van der Waals surface area contributed by atoms with Gasteiger partial charge >= 0.3 is 0 Å². The van der Waals surface area contributed by atoms with Gasteiger partial charge in [-0.15, -0.1) is 0 Å². The van der Waals surface area contributed by atoms with Crippen LogP contribution in [0.5, 0.6) is 0 Å². The number of hydrogen-bond donors (Lipinski definition) is 3. The number of oxime groups is 1. The van der Waals surface area contributed by atoms with Crippen molar-refractivity contribution in [2.45, 2.75) is 0 Å². The van der Waals surface area contributed by atoms with Crippen LogP contribution in [-0.2, 0) is 10.0 Å². The number of nitrogens with zero attached hydrogens (tertiary/aromatic N) is 2. The standard InChI is InChI=1S/C16H15BrN4O4S/c1-26(24,25)21-14-7-3-4-11(9-14)15(10-18-23)19-20-16(22)12-5-2-6-13(17)8-12/h2-10,21,23H,1H3,(H,20,22). The molecule has 3 N–H and O–H groups in total. The van der Waals surface area contributed by atoms with Crippen molar-refractivity contribution < 1.29 is 18.4 Å². The van der Waals surface area contributed by atoms with Crippen molar-refractivity contribution in [1.29, 1.82) is 0 Å². The lowest BCUT2D eigenvalue weighted by atomic mass is 10.1. The number of benzene rings is 2. The summed E-state index contributed by atoms with van der Waals surface area (Å²) in [6, 6.07) is 13.0. The third-order valence-corrected chi connectivity index (χ3v) is 4.11. The number of carbonyl (C=O) groups is 1. The van der Waals surface area contributed by atoms with Gasteiger partial charge in [0.1, 0.15) is 5.71 Å². The summed E-state index contributed by atoms with van der Waals surface area (Å²) in [6.07, 6.45) is 2.06. The van der Waals surface area contributed by atoms with Crippen LogP contribution in [0.25, 0.3) is 0 Å². The maximum Gasteiger partial charge on any atom is 0.271 e. The molecule has 0 aliphatic heterocycles. The van der Waals surface area contributed by atoms with E-state index in [1.807, 2.05) is 0 Å². The lowest BCUT2D eigenvalue weighted by Crippen LogP contribution is -2.20. The monoisotopic (exact) mass is 438 g/mol. The van der Waals surface area contributed by atoms with E-state index in [1.54, 1.807) is 42.5 Å². The molecule has 136 valence electrons. The predicted octanol–water partition coefficient (Wildman–Crippen LogP) is 2.41. The molecule has 0 spiro atoms. The van der Waals surface area contributed by atoms with E-state index in [9.17, 15) is 13.2 Å². The Morgan fingerprint density at radius 2 is 1.85 bits per heavy atom. The van der Waals surface area contributed by atoms with E-state index in [0.29, 0.717) is 16.8 Å². The summed E-state index contributed by atoms with van der Waals surface area (Å²) in [5.74, 6) is -0.458. The summed E-state index contributed by atoms with van der Waals surface area (Å²) >= 11 is 3.28. The van der Waals surface area contributed by atoms with Gasteiger partial charge in [-0.05, 0) is 30.3 Å². The molecule has 0 fully saturated rings. The quantitative estimate of drug-likeness (QED) is 0.364. The molecule has 0 unspecified atom stereocenters. The average molecular weight is 439 g/mol. The Bertz CT molecular complexity index is 974. The van der Waals surface area contributed by atoms with Gasteiger partial charge in [-0.2, -0.15) is 5.10 Å². The number of hydrogen-bond acceptors (Lipinski definition) is 6. The molecule has 0 saturated carbocycles. The van der Waals surface area contributed by atoms with Crippen molar-refractivity contribution in [3.05, 3.63) is 64.1 Å². The normalized spacial score (nSPS) is 12.2. The summed E-state index contributed by atoms with van der Waals surface area (Å²) in [7, 11) is -3.44. The summed E-state index contributed by atoms with van der Waals surface area (Å²) in [5.41, 5.74) is 3.63. The van der Waals surface area contributed by atoms with E-state index in [-0.39, 0.29) is 5.71 Å². The van der Waals surface area contributed by atoms with Crippen molar-refractivity contribution in [1.82, 2.24) is 5.43 Å². The number of hydrazone groups is 1. The predicted molar refractivity (Wildman–Crippen MR) is 103 cm³/mol. The first-order chi connectivity index (χ1) is 12.3. The molecule has 26 heavy (non-hydrogen) atoms. The largest absolute Gasteiger partial charge is 0.411 e. The van der Waals surface area contributed by atoms with Crippen molar-refractivity contribution >= 4 is 49.5 Å². The van der Waals surface area contributed by atoms with Gasteiger partial charge < -0.3 is 5.21 Å². The molecule has 1 amide bonds. The van der Waals surface area contributed by atoms with Gasteiger partial charge in [0.25, 0.3) is 5.91 Å². The molecule has 10 heteroatoms. The van der Waals surface area contributed by atoms with Crippen LogP contribution >= 0.6 is 15.9 Å². The first-order valence-corrected chi connectivity index (χ1v) is 9.86. The number of rotatable bonds is 6. The second kappa shape index (κ2) is 8.59. The Morgan fingerprint density at radius 1 is 1.15 bits per heavy atom.